The number of hydrogen-bond donors (Lipinski definition) is 11. The fourth-order valence-electron chi connectivity index (χ4n) is 10.7. The molecule has 4 aliphatic heterocycles. The highest BCUT2D eigenvalue weighted by Gasteiger charge is 2.25. The first-order chi connectivity index (χ1) is 57.3. The number of nitrogens with zero attached hydrogens (tertiary/aromatic N) is 11. The monoisotopic (exact) mass is 1740 g/mol. The molecule has 4 aliphatic rings. The standard InChI is InChI=1S/C15H32N2O4.C12H26N2O2.C11H26N2O2.C11H23NO5.C10H21NO4.C9H21NO3.C8H19NO4.C6H15NO2/c1-4-15(18)13-21-9-6-16(2)5-8-19-11-14-12-20-10-7-17(14)3;1-4-5-13(2)6-8-15-10-12-11-16-9-7-14(12)3;1-4-5-12(2)7-10-15-11-8-13(3)6-9-14;1-15-8-11(14)9-17-7-10-6-16-5-3-12(10)2-4-13;1-11-3-4-14-5-9(11)6-15-8-10(12)7-13-2;1-3-9(12)8-13-7-5-10(2)4-6-11;1-9(2-4-10)3-5-13-7-8(12)6-11;1-7(3-5-8)4-6-9-2/h14-15,18H,4-13H2,1-3H3;12H,4-11H2,1-3H3;14H,4-11H2,1-3H3;10-11,13-14H,2-9H2,1H3;9-10,12H,3-8H2,1-2H3;9,11-12H,3-8H2,1-2H3;8,10-12H,2-7H2,1H3;8H,3-6H2,1-2H3. The second-order valence-electron chi connectivity index (χ2n) is 30.4. The quantitative estimate of drug-likeness (QED) is 0.0264. The lowest BCUT2D eigenvalue weighted by Gasteiger charge is -2.34. The molecule has 37 nitrogen and oxygen atoms in total. The first kappa shape index (κ1) is 124. The summed E-state index contributed by atoms with van der Waals surface area (Å²) >= 11 is 0. The van der Waals surface area contributed by atoms with Crippen molar-refractivity contribution in [1.29, 1.82) is 0 Å². The zero-order valence-electron chi connectivity index (χ0n) is 77.8. The van der Waals surface area contributed by atoms with E-state index >= 15 is 0 Å². The zero-order valence-corrected chi connectivity index (χ0v) is 77.8. The molecule has 11 N–H and O–H groups in total. The molecule has 4 fully saturated rings. The minimum atomic E-state index is -0.789. The van der Waals surface area contributed by atoms with E-state index in [0.717, 1.165) is 190 Å². The van der Waals surface area contributed by atoms with Crippen LogP contribution in [0.1, 0.15) is 53.4 Å². The summed E-state index contributed by atoms with van der Waals surface area (Å²) in [7, 11) is 25.1. The topological polar surface area (TPSA) is 397 Å². The van der Waals surface area contributed by atoms with Gasteiger partial charge >= 0.3 is 0 Å². The first-order valence-electron chi connectivity index (χ1n) is 43.4. The van der Waals surface area contributed by atoms with Crippen molar-refractivity contribution in [2.75, 3.05) is 434 Å². The van der Waals surface area contributed by atoms with Crippen LogP contribution in [0.5, 0.6) is 0 Å². The van der Waals surface area contributed by atoms with Crippen molar-refractivity contribution < 1.29 is 127 Å². The summed E-state index contributed by atoms with van der Waals surface area (Å²) in [5.74, 6) is 0. The Morgan fingerprint density at radius 3 is 0.882 bits per heavy atom. The van der Waals surface area contributed by atoms with Gasteiger partial charge < -0.3 is 162 Å². The van der Waals surface area contributed by atoms with Gasteiger partial charge in [-0.15, -0.1) is 0 Å². The van der Waals surface area contributed by atoms with Gasteiger partial charge in [0.1, 0.15) is 18.3 Å². The Balaban J connectivity index is -0.000000641. The van der Waals surface area contributed by atoms with Crippen LogP contribution in [0.15, 0.2) is 0 Å². The van der Waals surface area contributed by atoms with Crippen LogP contribution in [0, 0.1) is 0 Å². The van der Waals surface area contributed by atoms with Gasteiger partial charge in [0.25, 0.3) is 0 Å². The number of rotatable bonds is 63. The summed E-state index contributed by atoms with van der Waals surface area (Å²) in [6.07, 6.45) is 1.27. The molecule has 0 saturated carbocycles. The van der Waals surface area contributed by atoms with Crippen molar-refractivity contribution in [1.82, 2.24) is 53.9 Å². The molecule has 722 valence electrons. The fraction of sp³-hybridized carbons (Fsp3) is 1.00. The van der Waals surface area contributed by atoms with E-state index in [-0.39, 0.29) is 77.7 Å². The maximum absolute atomic E-state index is 9.41. The van der Waals surface area contributed by atoms with Gasteiger partial charge in [-0.05, 0) is 109 Å². The molecule has 119 heavy (non-hydrogen) atoms. The number of β-amino-alcohol motifs (C(OH)–C–C–N with tert-alkyl or cyclic N) is 1. The minimum Gasteiger partial charge on any atom is -0.395 e. The molecule has 0 aromatic carbocycles. The third-order valence-electron chi connectivity index (χ3n) is 19.1. The van der Waals surface area contributed by atoms with E-state index < -0.39 is 18.3 Å². The van der Waals surface area contributed by atoms with Crippen LogP contribution in [-0.4, -0.2) is 599 Å². The van der Waals surface area contributed by atoms with Gasteiger partial charge in [0.2, 0.25) is 0 Å². The van der Waals surface area contributed by atoms with Crippen molar-refractivity contribution in [2.45, 2.75) is 108 Å². The molecule has 0 spiro atoms. The van der Waals surface area contributed by atoms with E-state index in [2.05, 4.69) is 95.3 Å². The van der Waals surface area contributed by atoms with Crippen molar-refractivity contribution in [2.24, 2.45) is 0 Å². The summed E-state index contributed by atoms with van der Waals surface area (Å²) in [6, 6.07) is 1.27. The predicted octanol–water partition coefficient (Wildman–Crippen LogP) is -3.42. The Kier molecular flexibility index (Phi) is 96.4. The van der Waals surface area contributed by atoms with Crippen molar-refractivity contribution in [3.63, 3.8) is 0 Å². The maximum atomic E-state index is 9.41. The van der Waals surface area contributed by atoms with E-state index in [1.807, 2.05) is 56.7 Å². The Morgan fingerprint density at radius 1 is 0.303 bits per heavy atom. The van der Waals surface area contributed by atoms with Gasteiger partial charge in [0.15, 0.2) is 0 Å². The molecule has 0 radical (unpaired) electrons. The third-order valence-corrected chi connectivity index (χ3v) is 19.1. The predicted molar refractivity (Wildman–Crippen MR) is 466 cm³/mol. The largest absolute Gasteiger partial charge is 0.395 e. The summed E-state index contributed by atoms with van der Waals surface area (Å²) < 4.78 is 79.5. The smallest absolute Gasteiger partial charge is 0.101 e. The van der Waals surface area contributed by atoms with Crippen LogP contribution in [0.3, 0.4) is 0 Å². The van der Waals surface area contributed by atoms with Crippen LogP contribution in [0.2, 0.25) is 0 Å². The van der Waals surface area contributed by atoms with E-state index in [1.165, 1.54) is 12.8 Å². The molecule has 0 amide bonds. The lowest BCUT2D eigenvalue weighted by molar-refractivity contribution is -0.0657. The van der Waals surface area contributed by atoms with Gasteiger partial charge in [0.05, 0.1) is 254 Å². The summed E-state index contributed by atoms with van der Waals surface area (Å²) in [6.45, 7) is 41.7. The zero-order chi connectivity index (χ0) is 89.8. The van der Waals surface area contributed by atoms with Gasteiger partial charge in [-0.3, -0.25) is 19.6 Å². The van der Waals surface area contributed by atoms with E-state index in [1.54, 1.807) is 21.3 Å². The molecule has 4 saturated heterocycles. The van der Waals surface area contributed by atoms with E-state index in [4.69, 9.17) is 112 Å². The highest BCUT2D eigenvalue weighted by molar-refractivity contribution is 4.77. The minimum absolute atomic E-state index is 0.135. The molecule has 4 heterocycles. The average Bonchev–Trinajstić information content (AvgIpc) is 0.903. The molecule has 0 aromatic rings. The molecular formula is C82H183N11O26. The molecule has 37 heteroatoms. The fourth-order valence-corrected chi connectivity index (χ4v) is 10.7. The van der Waals surface area contributed by atoms with Crippen molar-refractivity contribution in [3.8, 4) is 0 Å². The molecule has 9 atom stereocenters. The number of aliphatic hydroxyl groups excluding tert-OH is 11. The summed E-state index contributed by atoms with van der Waals surface area (Å²) in [5.41, 5.74) is 0. The van der Waals surface area contributed by atoms with Crippen molar-refractivity contribution >= 4 is 0 Å². The molecular weight excluding hydrogens is 1550 g/mol. The summed E-state index contributed by atoms with van der Waals surface area (Å²) in [4.78, 5) is 23.7. The van der Waals surface area contributed by atoms with Crippen LogP contribution in [0.25, 0.3) is 0 Å². The number of morpholine rings is 4. The number of aliphatic hydroxyl groups is 11. The van der Waals surface area contributed by atoms with Gasteiger partial charge in [-0.1, -0.05) is 27.7 Å². The second-order valence-corrected chi connectivity index (χ2v) is 30.4. The Bertz CT molecular complexity index is 1940. The van der Waals surface area contributed by atoms with Crippen molar-refractivity contribution in [3.05, 3.63) is 0 Å². The number of methoxy groups -OCH3 is 3. The van der Waals surface area contributed by atoms with Crippen LogP contribution in [-0.2, 0) is 71.1 Å². The second kappa shape index (κ2) is 92.7. The van der Waals surface area contributed by atoms with Gasteiger partial charge in [-0.2, -0.15) is 0 Å². The highest BCUT2D eigenvalue weighted by atomic mass is 16.5. The SMILES string of the molecule is CCC(O)COCCN(C)CCO.CCC(O)COCCN(C)CCOCC1COCCN1C.CCCN(C)CCOCC1COCCN1C.CCCN(C)CCOCCN(C)CCO.CN(CCO)CCOCC(O)CO.COCC(O)COCC1COCCN1C.COCC(O)COCC1COCCN1CCO.COCCN(C)CCO. The lowest BCUT2D eigenvalue weighted by Crippen LogP contribution is -2.49. The normalized spacial score (nSPS) is 18.8. The van der Waals surface area contributed by atoms with Gasteiger partial charge in [-0.25, -0.2) is 0 Å². The molecule has 9 unspecified atom stereocenters. The Labute approximate surface area is 720 Å². The third kappa shape index (κ3) is 84.4. The first-order valence-corrected chi connectivity index (χ1v) is 43.4. The van der Waals surface area contributed by atoms with E-state index in [0.29, 0.717) is 124 Å². The maximum Gasteiger partial charge on any atom is 0.101 e. The Morgan fingerprint density at radius 2 is 0.580 bits per heavy atom. The summed E-state index contributed by atoms with van der Waals surface area (Å²) in [5, 5.41) is 97.9. The Hall–Kier alpha value is -1.48. The van der Waals surface area contributed by atoms with Crippen LogP contribution in [0.4, 0.5) is 0 Å². The lowest BCUT2D eigenvalue weighted by atomic mass is 10.2. The molecule has 4 rings (SSSR count). The average molecular weight is 1740 g/mol. The van der Waals surface area contributed by atoms with Crippen LogP contribution < -0.4 is 0 Å². The number of likely N-dealkylation sites (N-methyl/N-ethyl adjacent to an activating group) is 10. The molecule has 0 bridgehead atoms. The van der Waals surface area contributed by atoms with Crippen LogP contribution >= 0.6 is 0 Å². The molecule has 0 aromatic heterocycles. The van der Waals surface area contributed by atoms with E-state index in [9.17, 15) is 15.3 Å². The number of ether oxygens (including phenoxy) is 15. The van der Waals surface area contributed by atoms with Gasteiger partial charge in [0, 0.05) is 133 Å². The highest BCUT2D eigenvalue weighted by Crippen LogP contribution is 2.10. The molecule has 0 aliphatic carbocycles. The number of hydrogen-bond acceptors (Lipinski definition) is 37.